The maximum absolute atomic E-state index is 12.0. The minimum Gasteiger partial charge on any atom is -0.354 e. The Bertz CT molecular complexity index is 735. The zero-order chi connectivity index (χ0) is 18.2. The van der Waals surface area contributed by atoms with Gasteiger partial charge in [0.05, 0.1) is 10.7 Å². The van der Waals surface area contributed by atoms with Gasteiger partial charge >= 0.3 is 0 Å². The molecule has 0 spiro atoms. The highest BCUT2D eigenvalue weighted by Crippen LogP contribution is 2.29. The van der Waals surface area contributed by atoms with Crippen molar-refractivity contribution in [2.75, 3.05) is 18.0 Å². The minimum absolute atomic E-state index is 0.0513. The van der Waals surface area contributed by atoms with Gasteiger partial charge in [-0.25, -0.2) is 0 Å². The molecular formula is C19H20Cl2N2O2. The number of nitrogens with zero attached hydrogens (tertiary/aromatic N) is 1. The smallest absolute Gasteiger partial charge is 0.223 e. The molecule has 0 aromatic heterocycles. The molecule has 0 aliphatic heterocycles. The number of carbonyl (C=O) groups is 2. The fraction of sp³-hybridized carbons (Fsp3) is 0.263. The van der Waals surface area contributed by atoms with E-state index in [2.05, 4.69) is 5.32 Å². The standard InChI is InChI=1S/C19H20Cl2N2O2/c1-14(24)23(18-13-16(20)8-9-17(18)21)12-11-22-19(25)10-7-15-5-3-2-4-6-15/h2-6,8-9,13H,7,10-12H2,1H3,(H,22,25). The topological polar surface area (TPSA) is 49.4 Å². The Morgan fingerprint density at radius 1 is 1.08 bits per heavy atom. The normalized spacial score (nSPS) is 10.4. The van der Waals surface area contributed by atoms with Gasteiger partial charge in [0.15, 0.2) is 0 Å². The number of aryl methyl sites for hydroxylation is 1. The lowest BCUT2D eigenvalue weighted by molar-refractivity contribution is -0.121. The van der Waals surface area contributed by atoms with Crippen LogP contribution in [0, 0.1) is 0 Å². The van der Waals surface area contributed by atoms with Crippen LogP contribution in [0.1, 0.15) is 18.9 Å². The van der Waals surface area contributed by atoms with Crippen molar-refractivity contribution in [2.45, 2.75) is 19.8 Å². The van der Waals surface area contributed by atoms with Gasteiger partial charge in [-0.1, -0.05) is 53.5 Å². The van der Waals surface area contributed by atoms with Crippen LogP contribution in [0.15, 0.2) is 48.5 Å². The summed E-state index contributed by atoms with van der Waals surface area (Å²) in [4.78, 5) is 25.4. The molecule has 0 aliphatic rings. The van der Waals surface area contributed by atoms with E-state index in [1.165, 1.54) is 11.8 Å². The van der Waals surface area contributed by atoms with Crippen LogP contribution >= 0.6 is 23.2 Å². The molecule has 0 radical (unpaired) electrons. The maximum atomic E-state index is 12.0. The molecule has 25 heavy (non-hydrogen) atoms. The summed E-state index contributed by atoms with van der Waals surface area (Å²) < 4.78 is 0. The molecule has 2 amide bonds. The van der Waals surface area contributed by atoms with Crippen molar-refractivity contribution in [1.82, 2.24) is 5.32 Å². The van der Waals surface area contributed by atoms with E-state index < -0.39 is 0 Å². The first-order valence-corrected chi connectivity index (χ1v) is 8.76. The molecule has 0 saturated heterocycles. The van der Waals surface area contributed by atoms with Crippen LogP contribution in [-0.2, 0) is 16.0 Å². The Hall–Kier alpha value is -2.04. The molecule has 0 fully saturated rings. The summed E-state index contributed by atoms with van der Waals surface area (Å²) in [7, 11) is 0. The number of hydrogen-bond acceptors (Lipinski definition) is 2. The number of anilines is 1. The molecule has 0 unspecified atom stereocenters. The number of amides is 2. The van der Waals surface area contributed by atoms with Gasteiger partial charge in [0.25, 0.3) is 0 Å². The number of hydrogen-bond donors (Lipinski definition) is 1. The molecule has 6 heteroatoms. The Balaban J connectivity index is 1.86. The maximum Gasteiger partial charge on any atom is 0.223 e. The second-order valence-electron chi connectivity index (χ2n) is 5.60. The second-order valence-corrected chi connectivity index (χ2v) is 6.45. The molecule has 0 heterocycles. The number of nitrogens with one attached hydrogen (secondary N) is 1. The quantitative estimate of drug-likeness (QED) is 0.788. The van der Waals surface area contributed by atoms with Gasteiger partial charge in [-0.3, -0.25) is 9.59 Å². The van der Waals surface area contributed by atoms with Crippen molar-refractivity contribution in [3.8, 4) is 0 Å². The first-order valence-electron chi connectivity index (χ1n) is 8.01. The van der Waals surface area contributed by atoms with Crippen molar-refractivity contribution < 1.29 is 9.59 Å². The summed E-state index contributed by atoms with van der Waals surface area (Å²) in [5, 5.41) is 3.77. The fourth-order valence-electron chi connectivity index (χ4n) is 2.44. The molecule has 2 aromatic carbocycles. The number of benzene rings is 2. The number of rotatable bonds is 7. The second kappa shape index (κ2) is 9.44. The van der Waals surface area contributed by atoms with E-state index in [4.69, 9.17) is 23.2 Å². The zero-order valence-electron chi connectivity index (χ0n) is 14.0. The molecule has 0 bridgehead atoms. The molecule has 132 valence electrons. The van der Waals surface area contributed by atoms with E-state index in [0.29, 0.717) is 41.7 Å². The summed E-state index contributed by atoms with van der Waals surface area (Å²) in [5.74, 6) is -0.216. The third-order valence-corrected chi connectivity index (χ3v) is 4.27. The van der Waals surface area contributed by atoms with E-state index in [0.717, 1.165) is 5.56 Å². The average molecular weight is 379 g/mol. The predicted molar refractivity (Wildman–Crippen MR) is 102 cm³/mol. The van der Waals surface area contributed by atoms with Crippen LogP contribution < -0.4 is 10.2 Å². The molecule has 2 rings (SSSR count). The van der Waals surface area contributed by atoms with E-state index in [1.807, 2.05) is 30.3 Å². The van der Waals surface area contributed by atoms with Gasteiger partial charge in [0.1, 0.15) is 0 Å². The van der Waals surface area contributed by atoms with Crippen molar-refractivity contribution in [2.24, 2.45) is 0 Å². The third kappa shape index (κ3) is 6.07. The Kier molecular flexibility index (Phi) is 7.29. The Morgan fingerprint density at radius 3 is 2.48 bits per heavy atom. The molecule has 1 N–H and O–H groups in total. The van der Waals surface area contributed by atoms with Gasteiger partial charge < -0.3 is 10.2 Å². The van der Waals surface area contributed by atoms with Crippen LogP contribution in [0.5, 0.6) is 0 Å². The monoisotopic (exact) mass is 378 g/mol. The van der Waals surface area contributed by atoms with Gasteiger partial charge in [-0.15, -0.1) is 0 Å². The highest BCUT2D eigenvalue weighted by molar-refractivity contribution is 6.35. The number of halogens is 2. The first-order chi connectivity index (χ1) is 12.0. The van der Waals surface area contributed by atoms with Gasteiger partial charge in [0, 0.05) is 31.5 Å². The van der Waals surface area contributed by atoms with Crippen molar-refractivity contribution >= 4 is 40.7 Å². The van der Waals surface area contributed by atoms with E-state index in [-0.39, 0.29) is 11.8 Å². The highest BCUT2D eigenvalue weighted by atomic mass is 35.5. The third-order valence-electron chi connectivity index (χ3n) is 3.72. The van der Waals surface area contributed by atoms with Crippen molar-refractivity contribution in [3.05, 3.63) is 64.1 Å². The van der Waals surface area contributed by atoms with Crippen molar-refractivity contribution in [3.63, 3.8) is 0 Å². The molecule has 2 aromatic rings. The predicted octanol–water partition coefficient (Wildman–Crippen LogP) is 4.10. The van der Waals surface area contributed by atoms with Crippen LogP contribution in [-0.4, -0.2) is 24.9 Å². The molecule has 0 saturated carbocycles. The summed E-state index contributed by atoms with van der Waals surface area (Å²) in [6.07, 6.45) is 1.09. The lowest BCUT2D eigenvalue weighted by atomic mass is 10.1. The molecule has 0 aliphatic carbocycles. The fourth-order valence-corrected chi connectivity index (χ4v) is 2.82. The van der Waals surface area contributed by atoms with Crippen LogP contribution in [0.25, 0.3) is 0 Å². The Morgan fingerprint density at radius 2 is 1.80 bits per heavy atom. The van der Waals surface area contributed by atoms with Crippen LogP contribution in [0.3, 0.4) is 0 Å². The number of carbonyl (C=O) groups excluding carboxylic acids is 2. The highest BCUT2D eigenvalue weighted by Gasteiger charge is 2.15. The van der Waals surface area contributed by atoms with Gasteiger partial charge in [-0.05, 0) is 30.2 Å². The van der Waals surface area contributed by atoms with Crippen LogP contribution in [0.2, 0.25) is 10.0 Å². The van der Waals surface area contributed by atoms with E-state index in [9.17, 15) is 9.59 Å². The molecular weight excluding hydrogens is 359 g/mol. The zero-order valence-corrected chi connectivity index (χ0v) is 15.5. The first kappa shape index (κ1) is 19.3. The summed E-state index contributed by atoms with van der Waals surface area (Å²) in [6.45, 7) is 2.12. The van der Waals surface area contributed by atoms with Crippen molar-refractivity contribution in [1.29, 1.82) is 0 Å². The molecule has 4 nitrogen and oxygen atoms in total. The summed E-state index contributed by atoms with van der Waals surface area (Å²) >= 11 is 12.1. The SMILES string of the molecule is CC(=O)N(CCNC(=O)CCc1ccccc1)c1cc(Cl)ccc1Cl. The van der Waals surface area contributed by atoms with E-state index in [1.54, 1.807) is 18.2 Å². The summed E-state index contributed by atoms with van der Waals surface area (Å²) in [5.41, 5.74) is 1.66. The largest absolute Gasteiger partial charge is 0.354 e. The average Bonchev–Trinajstić information content (AvgIpc) is 2.60. The van der Waals surface area contributed by atoms with Gasteiger partial charge in [-0.2, -0.15) is 0 Å². The molecule has 0 atom stereocenters. The lowest BCUT2D eigenvalue weighted by Gasteiger charge is -2.22. The van der Waals surface area contributed by atoms with Crippen LogP contribution in [0.4, 0.5) is 5.69 Å². The Labute approximate surface area is 157 Å². The van der Waals surface area contributed by atoms with Gasteiger partial charge in [0.2, 0.25) is 11.8 Å². The van der Waals surface area contributed by atoms with E-state index >= 15 is 0 Å². The summed E-state index contributed by atoms with van der Waals surface area (Å²) in [6, 6.07) is 14.8. The minimum atomic E-state index is -0.164. The lowest BCUT2D eigenvalue weighted by Crippen LogP contribution is -2.37.